The van der Waals surface area contributed by atoms with Crippen molar-refractivity contribution in [2.75, 3.05) is 12.3 Å². The van der Waals surface area contributed by atoms with Crippen molar-refractivity contribution >= 4 is 33.7 Å². The highest BCUT2D eigenvalue weighted by molar-refractivity contribution is 9.10. The van der Waals surface area contributed by atoms with Gasteiger partial charge in [-0.25, -0.2) is 0 Å². The summed E-state index contributed by atoms with van der Waals surface area (Å²) < 4.78 is 1.09. The number of halogens is 1. The highest BCUT2D eigenvalue weighted by Crippen LogP contribution is 2.24. The fraction of sp³-hybridized carbons (Fsp3) is 0.533. The first-order valence-corrected chi connectivity index (χ1v) is 8.62. The van der Waals surface area contributed by atoms with E-state index < -0.39 is 11.5 Å². The zero-order valence-corrected chi connectivity index (χ0v) is 14.4. The molecule has 0 aliphatic carbocycles. The second kappa shape index (κ2) is 8.70. The molecule has 0 fully saturated rings. The molecule has 20 heavy (non-hydrogen) atoms. The highest BCUT2D eigenvalue weighted by atomic mass is 79.9. The molecule has 0 aliphatic rings. The number of carboxylic acids is 1. The van der Waals surface area contributed by atoms with Crippen LogP contribution in [0.4, 0.5) is 0 Å². The monoisotopic (exact) mass is 359 g/mol. The van der Waals surface area contributed by atoms with E-state index in [0.29, 0.717) is 13.0 Å². The van der Waals surface area contributed by atoms with Crippen LogP contribution in [0.15, 0.2) is 33.6 Å². The first-order valence-electron chi connectivity index (χ1n) is 6.85. The number of likely N-dealkylation sites (N-methyl/N-ethyl adjacent to an activating group) is 1. The zero-order valence-electron chi connectivity index (χ0n) is 12.0. The number of rotatable bonds is 9. The normalized spacial score (nSPS) is 13.9. The molecule has 2 N–H and O–H groups in total. The lowest BCUT2D eigenvalue weighted by Crippen LogP contribution is -2.49. The van der Waals surface area contributed by atoms with Crippen molar-refractivity contribution in [2.45, 2.75) is 43.5 Å². The smallest absolute Gasteiger partial charge is 0.323 e. The van der Waals surface area contributed by atoms with Crippen molar-refractivity contribution in [3.63, 3.8) is 0 Å². The van der Waals surface area contributed by atoms with Gasteiger partial charge in [-0.3, -0.25) is 4.79 Å². The molecule has 1 aromatic rings. The molecule has 0 radical (unpaired) electrons. The summed E-state index contributed by atoms with van der Waals surface area (Å²) >= 11 is 5.27. The Morgan fingerprint density at radius 3 is 2.80 bits per heavy atom. The van der Waals surface area contributed by atoms with E-state index in [1.54, 1.807) is 6.92 Å². The van der Waals surface area contributed by atoms with E-state index >= 15 is 0 Å². The minimum atomic E-state index is -0.796. The lowest BCUT2D eigenvalue weighted by atomic mass is 9.95. The van der Waals surface area contributed by atoms with Crippen molar-refractivity contribution in [1.82, 2.24) is 5.32 Å². The van der Waals surface area contributed by atoms with Crippen LogP contribution >= 0.6 is 27.7 Å². The minimum absolute atomic E-state index is 0.662. The molecule has 0 heterocycles. The quantitative estimate of drug-likeness (QED) is 0.513. The van der Waals surface area contributed by atoms with Gasteiger partial charge in [0.25, 0.3) is 0 Å². The lowest BCUT2D eigenvalue weighted by Gasteiger charge is -2.25. The Morgan fingerprint density at radius 1 is 1.45 bits per heavy atom. The van der Waals surface area contributed by atoms with Crippen LogP contribution in [0.3, 0.4) is 0 Å². The molecule has 1 unspecified atom stereocenters. The van der Waals surface area contributed by atoms with Gasteiger partial charge in [-0.1, -0.05) is 35.3 Å². The highest BCUT2D eigenvalue weighted by Gasteiger charge is 2.30. The van der Waals surface area contributed by atoms with Gasteiger partial charge < -0.3 is 10.4 Å². The SMILES string of the molecule is CCNC(C)(CCCCSc1cccc(Br)c1)C(=O)O. The molecular weight excluding hydrogens is 338 g/mol. The molecule has 0 saturated carbocycles. The van der Waals surface area contributed by atoms with E-state index in [2.05, 4.69) is 33.4 Å². The number of hydrogen-bond acceptors (Lipinski definition) is 3. The molecule has 1 rings (SSSR count). The summed E-state index contributed by atoms with van der Waals surface area (Å²) in [6, 6.07) is 8.23. The molecule has 0 spiro atoms. The molecule has 0 aromatic heterocycles. The maximum absolute atomic E-state index is 11.3. The van der Waals surface area contributed by atoms with Crippen LogP contribution < -0.4 is 5.32 Å². The molecule has 0 aliphatic heterocycles. The summed E-state index contributed by atoms with van der Waals surface area (Å²) in [5.74, 6) is 0.247. The lowest BCUT2D eigenvalue weighted by molar-refractivity contribution is -0.144. The van der Waals surface area contributed by atoms with Crippen LogP contribution in [0.5, 0.6) is 0 Å². The number of aliphatic carboxylic acids is 1. The van der Waals surface area contributed by atoms with Crippen LogP contribution in [0.1, 0.15) is 33.1 Å². The number of nitrogens with one attached hydrogen (secondary N) is 1. The van der Waals surface area contributed by atoms with Gasteiger partial charge in [-0.05, 0) is 50.3 Å². The standard InChI is InChI=1S/C15H22BrNO2S/c1-3-17-15(2,14(18)19)9-4-5-10-20-13-8-6-7-12(16)11-13/h6-8,11,17H,3-5,9-10H2,1-2H3,(H,18,19). The Morgan fingerprint density at radius 2 is 2.20 bits per heavy atom. The van der Waals surface area contributed by atoms with Gasteiger partial charge in [0.2, 0.25) is 0 Å². The largest absolute Gasteiger partial charge is 0.480 e. The van der Waals surface area contributed by atoms with Crippen LogP contribution in [0.25, 0.3) is 0 Å². The van der Waals surface area contributed by atoms with Gasteiger partial charge >= 0.3 is 5.97 Å². The number of unbranched alkanes of at least 4 members (excludes halogenated alkanes) is 1. The molecular formula is C15H22BrNO2S. The van der Waals surface area contributed by atoms with E-state index in [-0.39, 0.29) is 0 Å². The van der Waals surface area contributed by atoms with E-state index in [9.17, 15) is 9.90 Å². The third-order valence-corrected chi connectivity index (χ3v) is 4.75. The Hall–Kier alpha value is -0.520. The van der Waals surface area contributed by atoms with Crippen molar-refractivity contribution in [2.24, 2.45) is 0 Å². The summed E-state index contributed by atoms with van der Waals surface area (Å²) in [6.45, 7) is 4.38. The summed E-state index contributed by atoms with van der Waals surface area (Å²) in [5.41, 5.74) is -0.796. The molecule has 0 saturated heterocycles. The van der Waals surface area contributed by atoms with Crippen molar-refractivity contribution < 1.29 is 9.90 Å². The maximum Gasteiger partial charge on any atom is 0.323 e. The van der Waals surface area contributed by atoms with Gasteiger partial charge in [-0.15, -0.1) is 11.8 Å². The van der Waals surface area contributed by atoms with Crippen LogP contribution in [-0.2, 0) is 4.79 Å². The summed E-state index contributed by atoms with van der Waals surface area (Å²) in [5, 5.41) is 12.3. The molecule has 0 bridgehead atoms. The molecule has 5 heteroatoms. The molecule has 1 aromatic carbocycles. The zero-order chi connectivity index (χ0) is 15.0. The summed E-state index contributed by atoms with van der Waals surface area (Å²) in [4.78, 5) is 12.5. The predicted molar refractivity (Wildman–Crippen MR) is 88.4 cm³/mol. The number of benzene rings is 1. The van der Waals surface area contributed by atoms with Gasteiger partial charge in [0.05, 0.1) is 0 Å². The molecule has 1 atom stereocenters. The van der Waals surface area contributed by atoms with Crippen LogP contribution in [-0.4, -0.2) is 28.9 Å². The predicted octanol–water partition coefficient (Wildman–Crippen LogP) is 4.16. The number of thioether (sulfide) groups is 1. The van der Waals surface area contributed by atoms with Gasteiger partial charge in [-0.2, -0.15) is 0 Å². The van der Waals surface area contributed by atoms with Crippen LogP contribution in [0, 0.1) is 0 Å². The van der Waals surface area contributed by atoms with E-state index in [0.717, 1.165) is 23.1 Å². The van der Waals surface area contributed by atoms with Gasteiger partial charge in [0, 0.05) is 9.37 Å². The minimum Gasteiger partial charge on any atom is -0.480 e. The second-order valence-electron chi connectivity index (χ2n) is 4.93. The third-order valence-electron chi connectivity index (χ3n) is 3.17. The number of hydrogen-bond donors (Lipinski definition) is 2. The topological polar surface area (TPSA) is 49.3 Å². The Bertz CT molecular complexity index is 442. The van der Waals surface area contributed by atoms with E-state index in [1.165, 1.54) is 4.90 Å². The molecule has 112 valence electrons. The molecule has 0 amide bonds. The van der Waals surface area contributed by atoms with Gasteiger partial charge in [0.15, 0.2) is 0 Å². The van der Waals surface area contributed by atoms with E-state index in [4.69, 9.17) is 0 Å². The van der Waals surface area contributed by atoms with Crippen molar-refractivity contribution in [3.05, 3.63) is 28.7 Å². The Labute approximate surface area is 133 Å². The van der Waals surface area contributed by atoms with Crippen molar-refractivity contribution in [1.29, 1.82) is 0 Å². The fourth-order valence-corrected chi connectivity index (χ4v) is 3.51. The van der Waals surface area contributed by atoms with Crippen LogP contribution in [0.2, 0.25) is 0 Å². The third kappa shape index (κ3) is 5.85. The van der Waals surface area contributed by atoms with Gasteiger partial charge in [0.1, 0.15) is 5.54 Å². The van der Waals surface area contributed by atoms with E-state index in [1.807, 2.05) is 30.8 Å². The summed E-state index contributed by atoms with van der Waals surface area (Å²) in [6.07, 6.45) is 2.59. The molecule has 3 nitrogen and oxygen atoms in total. The fourth-order valence-electron chi connectivity index (χ4n) is 1.99. The average molecular weight is 360 g/mol. The average Bonchev–Trinajstić information content (AvgIpc) is 2.38. The first-order chi connectivity index (χ1) is 9.48. The second-order valence-corrected chi connectivity index (χ2v) is 7.01. The number of carboxylic acid groups (broad SMARTS) is 1. The summed E-state index contributed by atoms with van der Waals surface area (Å²) in [7, 11) is 0. The first kappa shape index (κ1) is 17.5. The Kier molecular flexibility index (Phi) is 7.62. The Balaban J connectivity index is 2.29. The maximum atomic E-state index is 11.3. The number of carbonyl (C=O) groups is 1. The van der Waals surface area contributed by atoms with Crippen molar-refractivity contribution in [3.8, 4) is 0 Å².